The van der Waals surface area contributed by atoms with Gasteiger partial charge in [-0.2, -0.15) is 0 Å². The number of aliphatic hydroxyl groups excluding tert-OH is 4. The molecule has 9 heteroatoms. The fourth-order valence-electron chi connectivity index (χ4n) is 3.64. The predicted octanol–water partition coefficient (Wildman–Crippen LogP) is 1.41. The van der Waals surface area contributed by atoms with Crippen LogP contribution in [0.15, 0.2) is 57.7 Å². The summed E-state index contributed by atoms with van der Waals surface area (Å²) >= 11 is 6.34. The molecular weight excluding hydrogens is 440 g/mol. The molecule has 0 radical (unpaired) electrons. The number of hydrogen-bond donors (Lipinski definition) is 4. The molecule has 0 amide bonds. The molecule has 2 heterocycles. The van der Waals surface area contributed by atoms with Gasteiger partial charge in [0.25, 0.3) is 0 Å². The SMILES string of the molecule is O=c1cc(CCc2ccccc2)oc2c(Cl)cc(O[C@@H]3O[C@H](CO)[C@@H](O)[C@H](O)[C@H]3O)cc12. The quantitative estimate of drug-likeness (QED) is 0.432. The van der Waals surface area contributed by atoms with Gasteiger partial charge in [0.05, 0.1) is 17.0 Å². The van der Waals surface area contributed by atoms with Crippen LogP contribution in [0, 0.1) is 0 Å². The van der Waals surface area contributed by atoms with Gasteiger partial charge in [-0.15, -0.1) is 0 Å². The summed E-state index contributed by atoms with van der Waals surface area (Å²) in [6, 6.07) is 14.0. The van der Waals surface area contributed by atoms with E-state index in [9.17, 15) is 25.2 Å². The molecule has 4 rings (SSSR count). The first-order chi connectivity index (χ1) is 15.4. The molecule has 2 aromatic carbocycles. The lowest BCUT2D eigenvalue weighted by Gasteiger charge is -2.39. The van der Waals surface area contributed by atoms with Gasteiger partial charge in [-0.05, 0) is 18.1 Å². The zero-order valence-electron chi connectivity index (χ0n) is 16.9. The largest absolute Gasteiger partial charge is 0.462 e. The molecule has 5 atom stereocenters. The molecular formula is C23H23ClO8. The molecule has 170 valence electrons. The minimum absolute atomic E-state index is 0.0937. The normalized spacial score (nSPS) is 25.7. The molecule has 0 bridgehead atoms. The van der Waals surface area contributed by atoms with Crippen molar-refractivity contribution in [2.45, 2.75) is 43.5 Å². The topological polar surface area (TPSA) is 130 Å². The Morgan fingerprint density at radius 1 is 0.969 bits per heavy atom. The number of rotatable bonds is 6. The van der Waals surface area contributed by atoms with E-state index in [0.717, 1.165) is 5.56 Å². The summed E-state index contributed by atoms with van der Waals surface area (Å²) in [5.41, 5.74) is 1.02. The molecule has 1 fully saturated rings. The standard InChI is InChI=1S/C23H23ClO8/c24-16-9-14(31-23-21(29)20(28)19(27)18(11-25)32-23)8-15-17(26)10-13(30-22(15)16)7-6-12-4-2-1-3-5-12/h1-5,8-10,18-21,23,25,27-29H,6-7,11H2/t18-,19-,20+,21-,23-/m1/s1. The summed E-state index contributed by atoms with van der Waals surface area (Å²) in [6.07, 6.45) is -5.96. The van der Waals surface area contributed by atoms with E-state index in [1.807, 2.05) is 30.3 Å². The van der Waals surface area contributed by atoms with Crippen LogP contribution in [0.3, 0.4) is 0 Å². The second kappa shape index (κ2) is 9.58. The highest BCUT2D eigenvalue weighted by Gasteiger charge is 2.44. The molecule has 8 nitrogen and oxygen atoms in total. The highest BCUT2D eigenvalue weighted by atomic mass is 35.5. The maximum absolute atomic E-state index is 12.7. The van der Waals surface area contributed by atoms with E-state index in [2.05, 4.69) is 0 Å². The number of fused-ring (bicyclic) bond motifs is 1. The molecule has 1 aliphatic rings. The Bertz CT molecular complexity index is 1130. The lowest BCUT2D eigenvalue weighted by molar-refractivity contribution is -0.277. The van der Waals surface area contributed by atoms with Crippen molar-refractivity contribution < 1.29 is 34.3 Å². The Morgan fingerprint density at radius 3 is 2.44 bits per heavy atom. The summed E-state index contributed by atoms with van der Waals surface area (Å²) < 4.78 is 16.8. The lowest BCUT2D eigenvalue weighted by atomic mass is 9.99. The number of benzene rings is 2. The second-order valence-corrected chi connectivity index (χ2v) is 8.07. The van der Waals surface area contributed by atoms with Crippen LogP contribution in [0.4, 0.5) is 0 Å². The number of aliphatic hydroxyl groups is 4. The number of ether oxygens (including phenoxy) is 2. The summed E-state index contributed by atoms with van der Waals surface area (Å²) in [5.74, 6) is 0.590. The lowest BCUT2D eigenvalue weighted by Crippen LogP contribution is -2.60. The Kier molecular flexibility index (Phi) is 6.80. The first-order valence-electron chi connectivity index (χ1n) is 10.1. The van der Waals surface area contributed by atoms with Gasteiger partial charge < -0.3 is 34.3 Å². The van der Waals surface area contributed by atoms with Crippen molar-refractivity contribution in [3.05, 3.63) is 75.1 Å². The first kappa shape index (κ1) is 22.7. The number of halogens is 1. The van der Waals surface area contributed by atoms with Crippen molar-refractivity contribution in [3.8, 4) is 5.75 Å². The van der Waals surface area contributed by atoms with Crippen molar-refractivity contribution in [1.29, 1.82) is 0 Å². The van der Waals surface area contributed by atoms with Gasteiger partial charge in [0.15, 0.2) is 11.0 Å². The minimum atomic E-state index is -1.58. The van der Waals surface area contributed by atoms with E-state index in [-0.39, 0.29) is 27.2 Å². The van der Waals surface area contributed by atoms with Crippen LogP contribution in [0.1, 0.15) is 11.3 Å². The molecule has 32 heavy (non-hydrogen) atoms. The van der Waals surface area contributed by atoms with Crippen LogP contribution in [-0.2, 0) is 17.6 Å². The summed E-state index contributed by atoms with van der Waals surface area (Å²) in [4.78, 5) is 12.7. The van der Waals surface area contributed by atoms with Crippen LogP contribution >= 0.6 is 11.6 Å². The van der Waals surface area contributed by atoms with E-state index in [1.54, 1.807) is 0 Å². The average molecular weight is 463 g/mol. The first-order valence-corrected chi connectivity index (χ1v) is 10.5. The van der Waals surface area contributed by atoms with Gasteiger partial charge >= 0.3 is 0 Å². The van der Waals surface area contributed by atoms with Gasteiger partial charge in [0.2, 0.25) is 6.29 Å². The second-order valence-electron chi connectivity index (χ2n) is 7.66. The van der Waals surface area contributed by atoms with E-state index in [0.29, 0.717) is 18.6 Å². The fraction of sp³-hybridized carbons (Fsp3) is 0.348. The fourth-order valence-corrected chi connectivity index (χ4v) is 3.89. The number of hydrogen-bond acceptors (Lipinski definition) is 8. The third kappa shape index (κ3) is 4.66. The van der Waals surface area contributed by atoms with E-state index >= 15 is 0 Å². The van der Waals surface area contributed by atoms with E-state index < -0.39 is 37.3 Å². The highest BCUT2D eigenvalue weighted by molar-refractivity contribution is 6.35. The molecule has 0 spiro atoms. The van der Waals surface area contributed by atoms with E-state index in [4.69, 9.17) is 25.5 Å². The average Bonchev–Trinajstić information content (AvgIpc) is 2.79. The minimum Gasteiger partial charge on any atom is -0.462 e. The maximum Gasteiger partial charge on any atom is 0.229 e. The van der Waals surface area contributed by atoms with Crippen LogP contribution in [0.25, 0.3) is 11.0 Å². The van der Waals surface area contributed by atoms with Crippen molar-refractivity contribution in [2.75, 3.05) is 6.61 Å². The Labute approximate surface area is 188 Å². The highest BCUT2D eigenvalue weighted by Crippen LogP contribution is 2.31. The van der Waals surface area contributed by atoms with Crippen LogP contribution in [0.5, 0.6) is 5.75 Å². The molecule has 0 saturated carbocycles. The van der Waals surface area contributed by atoms with Crippen molar-refractivity contribution in [3.63, 3.8) is 0 Å². The van der Waals surface area contributed by atoms with Crippen LogP contribution in [0.2, 0.25) is 5.02 Å². The summed E-state index contributed by atoms with van der Waals surface area (Å²) in [6.45, 7) is -0.585. The van der Waals surface area contributed by atoms with Gasteiger partial charge in [0.1, 0.15) is 35.9 Å². The van der Waals surface area contributed by atoms with Gasteiger partial charge in [-0.1, -0.05) is 41.9 Å². The predicted molar refractivity (Wildman–Crippen MR) is 116 cm³/mol. The summed E-state index contributed by atoms with van der Waals surface area (Å²) in [5, 5.41) is 39.6. The summed E-state index contributed by atoms with van der Waals surface area (Å²) in [7, 11) is 0. The molecule has 0 unspecified atom stereocenters. The van der Waals surface area contributed by atoms with Crippen LogP contribution in [-0.4, -0.2) is 57.7 Å². The Hall–Kier alpha value is -2.46. The maximum atomic E-state index is 12.7. The van der Waals surface area contributed by atoms with Gasteiger partial charge in [0, 0.05) is 18.6 Å². The third-order valence-electron chi connectivity index (χ3n) is 5.41. The molecule has 1 saturated heterocycles. The zero-order chi connectivity index (χ0) is 22.8. The van der Waals surface area contributed by atoms with Crippen molar-refractivity contribution >= 4 is 22.6 Å². The van der Waals surface area contributed by atoms with E-state index in [1.165, 1.54) is 18.2 Å². The monoisotopic (exact) mass is 462 g/mol. The van der Waals surface area contributed by atoms with Crippen molar-refractivity contribution in [2.24, 2.45) is 0 Å². The molecule has 1 aliphatic heterocycles. The molecule has 1 aromatic heterocycles. The van der Waals surface area contributed by atoms with Gasteiger partial charge in [-0.25, -0.2) is 0 Å². The molecule has 3 aromatic rings. The Balaban J connectivity index is 1.57. The number of aryl methyl sites for hydroxylation is 2. The van der Waals surface area contributed by atoms with Crippen molar-refractivity contribution in [1.82, 2.24) is 0 Å². The Morgan fingerprint density at radius 2 is 1.72 bits per heavy atom. The van der Waals surface area contributed by atoms with Crippen LogP contribution < -0.4 is 10.2 Å². The zero-order valence-corrected chi connectivity index (χ0v) is 17.7. The molecule has 0 aliphatic carbocycles. The molecule has 4 N–H and O–H groups in total. The van der Waals surface area contributed by atoms with Gasteiger partial charge in [-0.3, -0.25) is 4.79 Å². The smallest absolute Gasteiger partial charge is 0.229 e. The third-order valence-corrected chi connectivity index (χ3v) is 5.69.